The first-order valence-corrected chi connectivity index (χ1v) is 11.4. The minimum atomic E-state index is -0.301. The van der Waals surface area contributed by atoms with Gasteiger partial charge in [-0.05, 0) is 50.6 Å². The lowest BCUT2D eigenvalue weighted by atomic mass is 10.1. The van der Waals surface area contributed by atoms with E-state index in [2.05, 4.69) is 20.3 Å². The van der Waals surface area contributed by atoms with Crippen LogP contribution in [-0.2, 0) is 4.74 Å². The summed E-state index contributed by atoms with van der Waals surface area (Å²) in [6.07, 6.45) is 3.40. The number of carbonyl (C=O) groups is 1. The molecule has 1 amide bonds. The lowest BCUT2D eigenvalue weighted by Crippen LogP contribution is -2.42. The lowest BCUT2D eigenvalue weighted by Gasteiger charge is -2.32. The van der Waals surface area contributed by atoms with Gasteiger partial charge in [0.15, 0.2) is 5.13 Å². The lowest BCUT2D eigenvalue weighted by molar-refractivity contribution is -0.0249. The number of aryl methyl sites for hydroxylation is 3. The maximum atomic E-state index is 13.2. The number of amides is 1. The third-order valence-corrected chi connectivity index (χ3v) is 6.24. The highest BCUT2D eigenvalue weighted by Gasteiger charge is 2.28. The van der Waals surface area contributed by atoms with Crippen molar-refractivity contribution in [3.05, 3.63) is 70.4 Å². The second-order valence-corrected chi connectivity index (χ2v) is 8.91. The van der Waals surface area contributed by atoms with Crippen LogP contribution in [0.4, 0.5) is 10.8 Å². The van der Waals surface area contributed by atoms with Crippen LogP contribution in [-0.4, -0.2) is 49.9 Å². The average molecular weight is 449 g/mol. The highest BCUT2D eigenvalue weighted by molar-refractivity contribution is 7.13. The standard InChI is InChI=1S/C23H24N6O2S/c1-14-4-5-28-11-19(27-21(28)8-14)22(30)29-6-7-31-20(12-29)18-10-17(9-15(2)24-18)26-23-25-16(3)13-32-23/h4-5,8-11,13,20H,6-7,12H2,1-3H3,(H,24,25,26). The highest BCUT2D eigenvalue weighted by Crippen LogP contribution is 2.27. The van der Waals surface area contributed by atoms with E-state index in [9.17, 15) is 4.79 Å². The molecule has 1 atom stereocenters. The number of hydrogen-bond acceptors (Lipinski definition) is 7. The van der Waals surface area contributed by atoms with Gasteiger partial charge in [-0.1, -0.05) is 0 Å². The van der Waals surface area contributed by atoms with Crippen molar-refractivity contribution in [2.75, 3.05) is 25.0 Å². The van der Waals surface area contributed by atoms with E-state index in [0.717, 1.165) is 39.1 Å². The molecule has 5 rings (SSSR count). The van der Waals surface area contributed by atoms with E-state index in [-0.39, 0.29) is 12.0 Å². The predicted molar refractivity (Wildman–Crippen MR) is 124 cm³/mol. The van der Waals surface area contributed by atoms with Crippen molar-refractivity contribution >= 4 is 33.7 Å². The van der Waals surface area contributed by atoms with Gasteiger partial charge < -0.3 is 19.4 Å². The molecule has 4 aromatic heterocycles. The minimum Gasteiger partial charge on any atom is -0.368 e. The van der Waals surface area contributed by atoms with Crippen LogP contribution in [0, 0.1) is 20.8 Å². The summed E-state index contributed by atoms with van der Waals surface area (Å²) in [7, 11) is 0. The largest absolute Gasteiger partial charge is 0.368 e. The summed E-state index contributed by atoms with van der Waals surface area (Å²) in [5.41, 5.74) is 5.88. The van der Waals surface area contributed by atoms with Crippen LogP contribution in [0.1, 0.15) is 39.2 Å². The normalized spacial score (nSPS) is 16.5. The zero-order valence-corrected chi connectivity index (χ0v) is 19.0. The van der Waals surface area contributed by atoms with E-state index in [1.54, 1.807) is 22.4 Å². The smallest absolute Gasteiger partial charge is 0.274 e. The van der Waals surface area contributed by atoms with Crippen LogP contribution < -0.4 is 5.32 Å². The summed E-state index contributed by atoms with van der Waals surface area (Å²) in [6.45, 7) is 7.33. The topological polar surface area (TPSA) is 84.7 Å². The predicted octanol–water partition coefficient (Wildman–Crippen LogP) is 4.07. The molecule has 1 saturated heterocycles. The molecule has 5 heterocycles. The van der Waals surface area contributed by atoms with E-state index in [1.165, 1.54) is 0 Å². The van der Waals surface area contributed by atoms with Crippen LogP contribution in [0.15, 0.2) is 42.0 Å². The third-order valence-electron chi connectivity index (χ3n) is 5.36. The van der Waals surface area contributed by atoms with E-state index in [0.29, 0.717) is 25.4 Å². The maximum Gasteiger partial charge on any atom is 0.274 e. The van der Waals surface area contributed by atoms with Crippen molar-refractivity contribution in [3.63, 3.8) is 0 Å². The van der Waals surface area contributed by atoms with Crippen molar-refractivity contribution in [1.29, 1.82) is 0 Å². The molecule has 9 heteroatoms. The number of anilines is 2. The number of morpholine rings is 1. The zero-order valence-electron chi connectivity index (χ0n) is 18.2. The molecular formula is C23H24N6O2S. The Morgan fingerprint density at radius 3 is 2.84 bits per heavy atom. The number of pyridine rings is 2. The van der Waals surface area contributed by atoms with Gasteiger partial charge in [-0.25, -0.2) is 9.97 Å². The number of nitrogens with one attached hydrogen (secondary N) is 1. The second-order valence-electron chi connectivity index (χ2n) is 8.05. The number of ether oxygens (including phenoxy) is 1. The van der Waals surface area contributed by atoms with Crippen molar-refractivity contribution in [2.24, 2.45) is 0 Å². The molecule has 1 aliphatic rings. The van der Waals surface area contributed by atoms with Gasteiger partial charge in [-0.2, -0.15) is 0 Å². The molecule has 0 aliphatic carbocycles. The van der Waals surface area contributed by atoms with E-state index in [1.807, 2.05) is 61.0 Å². The van der Waals surface area contributed by atoms with E-state index in [4.69, 9.17) is 4.74 Å². The van der Waals surface area contributed by atoms with E-state index < -0.39 is 0 Å². The second kappa shape index (κ2) is 8.33. The first-order valence-electron chi connectivity index (χ1n) is 10.5. The number of thiazole rings is 1. The Balaban J connectivity index is 1.35. The summed E-state index contributed by atoms with van der Waals surface area (Å²) in [5, 5.41) is 6.18. The molecule has 1 N–H and O–H groups in total. The molecule has 4 aromatic rings. The molecule has 1 fully saturated rings. The Labute approximate surface area is 189 Å². The van der Waals surface area contributed by atoms with Crippen molar-refractivity contribution in [2.45, 2.75) is 26.9 Å². The monoisotopic (exact) mass is 448 g/mol. The third kappa shape index (κ3) is 4.21. The quantitative estimate of drug-likeness (QED) is 0.507. The summed E-state index contributed by atoms with van der Waals surface area (Å²) in [5.74, 6) is -0.0936. The highest BCUT2D eigenvalue weighted by atomic mass is 32.1. The number of fused-ring (bicyclic) bond motifs is 1. The maximum absolute atomic E-state index is 13.2. The van der Waals surface area contributed by atoms with Crippen molar-refractivity contribution in [3.8, 4) is 0 Å². The fraction of sp³-hybridized carbons (Fsp3) is 0.304. The molecule has 0 saturated carbocycles. The van der Waals surface area contributed by atoms with Gasteiger partial charge in [-0.3, -0.25) is 9.78 Å². The Morgan fingerprint density at radius 1 is 1.16 bits per heavy atom. The molecule has 164 valence electrons. The number of aromatic nitrogens is 4. The summed E-state index contributed by atoms with van der Waals surface area (Å²) < 4.78 is 7.87. The van der Waals surface area contributed by atoms with Crippen LogP contribution in [0.2, 0.25) is 0 Å². The molecule has 0 spiro atoms. The molecule has 0 radical (unpaired) electrons. The number of imidazole rings is 1. The Bertz CT molecular complexity index is 1300. The van der Waals surface area contributed by atoms with Gasteiger partial charge in [0.1, 0.15) is 17.4 Å². The number of carbonyl (C=O) groups excluding carboxylic acids is 1. The van der Waals surface area contributed by atoms with Gasteiger partial charge in [0.05, 0.1) is 24.5 Å². The SMILES string of the molecule is Cc1ccn2cc(C(=O)N3CCOC(c4cc(Nc5nc(C)cs5)cc(C)n4)C3)nc2c1. The Hall–Kier alpha value is -3.30. The fourth-order valence-corrected chi connectivity index (χ4v) is 4.54. The first-order chi connectivity index (χ1) is 15.4. The summed E-state index contributed by atoms with van der Waals surface area (Å²) in [4.78, 5) is 28.6. The minimum absolute atomic E-state index is 0.0936. The van der Waals surface area contributed by atoms with Gasteiger partial charge in [-0.15, -0.1) is 11.3 Å². The molecule has 0 aromatic carbocycles. The van der Waals surface area contributed by atoms with Crippen molar-refractivity contribution < 1.29 is 9.53 Å². The number of nitrogens with zero attached hydrogens (tertiary/aromatic N) is 5. The zero-order chi connectivity index (χ0) is 22.2. The Morgan fingerprint density at radius 2 is 2.03 bits per heavy atom. The van der Waals surface area contributed by atoms with Gasteiger partial charge in [0.25, 0.3) is 5.91 Å². The molecule has 8 nitrogen and oxygen atoms in total. The molecule has 1 unspecified atom stereocenters. The number of rotatable bonds is 4. The number of hydrogen-bond donors (Lipinski definition) is 1. The van der Waals surface area contributed by atoms with Crippen LogP contribution in [0.5, 0.6) is 0 Å². The first kappa shape index (κ1) is 20.6. The molecule has 32 heavy (non-hydrogen) atoms. The summed E-state index contributed by atoms with van der Waals surface area (Å²) in [6, 6.07) is 7.91. The average Bonchev–Trinajstić information content (AvgIpc) is 3.38. The Kier molecular flexibility index (Phi) is 5.36. The van der Waals surface area contributed by atoms with Crippen LogP contribution >= 0.6 is 11.3 Å². The van der Waals surface area contributed by atoms with Crippen LogP contribution in [0.3, 0.4) is 0 Å². The van der Waals surface area contributed by atoms with Gasteiger partial charge >= 0.3 is 0 Å². The van der Waals surface area contributed by atoms with Crippen molar-refractivity contribution in [1.82, 2.24) is 24.3 Å². The summed E-state index contributed by atoms with van der Waals surface area (Å²) >= 11 is 1.56. The molecular weight excluding hydrogens is 424 g/mol. The van der Waals surface area contributed by atoms with Gasteiger partial charge in [0.2, 0.25) is 0 Å². The molecule has 1 aliphatic heterocycles. The van der Waals surface area contributed by atoms with Gasteiger partial charge in [0, 0.05) is 35.7 Å². The van der Waals surface area contributed by atoms with E-state index >= 15 is 0 Å². The fourth-order valence-electron chi connectivity index (χ4n) is 3.83. The van der Waals surface area contributed by atoms with Crippen LogP contribution in [0.25, 0.3) is 5.65 Å². The molecule has 0 bridgehead atoms.